The number of nitrogens with one attached hydrogen (secondary N) is 1. The lowest BCUT2D eigenvalue weighted by Crippen LogP contribution is -2.51. The molecule has 6 nitrogen and oxygen atoms in total. The van der Waals surface area contributed by atoms with Crippen LogP contribution in [0.4, 0.5) is 0 Å². The van der Waals surface area contributed by atoms with Crippen LogP contribution in [-0.4, -0.2) is 52.8 Å². The van der Waals surface area contributed by atoms with E-state index in [9.17, 15) is 4.79 Å². The number of H-pyrrole nitrogens is 1. The van der Waals surface area contributed by atoms with E-state index in [1.165, 1.54) is 0 Å². The Morgan fingerprint density at radius 1 is 1.75 bits per heavy atom. The third-order valence-electron chi connectivity index (χ3n) is 2.61. The Kier molecular flexibility index (Phi) is 3.21. The summed E-state index contributed by atoms with van der Waals surface area (Å²) in [6.07, 6.45) is 1.52. The van der Waals surface area contributed by atoms with Crippen molar-refractivity contribution < 1.29 is 9.53 Å². The number of hydrogen-bond acceptors (Lipinski definition) is 4. The SMILES string of the molecule is CC1CN(C(=O)c2ccn[nH]2)CC(CN)O1. The number of morpholine rings is 1. The van der Waals surface area contributed by atoms with Crippen LogP contribution in [0.3, 0.4) is 0 Å². The molecule has 1 aliphatic rings. The maximum absolute atomic E-state index is 12.0. The number of rotatable bonds is 2. The second-order valence-electron chi connectivity index (χ2n) is 3.98. The van der Waals surface area contributed by atoms with Crippen molar-refractivity contribution >= 4 is 5.91 Å². The summed E-state index contributed by atoms with van der Waals surface area (Å²) in [5.41, 5.74) is 6.07. The molecule has 0 radical (unpaired) electrons. The van der Waals surface area contributed by atoms with Gasteiger partial charge in [0.1, 0.15) is 5.69 Å². The van der Waals surface area contributed by atoms with E-state index in [0.717, 1.165) is 0 Å². The number of nitrogens with two attached hydrogens (primary N) is 1. The minimum absolute atomic E-state index is 0.0224. The molecule has 1 aromatic rings. The lowest BCUT2D eigenvalue weighted by molar-refractivity contribution is -0.0627. The summed E-state index contributed by atoms with van der Waals surface area (Å²) in [6, 6.07) is 1.67. The maximum Gasteiger partial charge on any atom is 0.272 e. The van der Waals surface area contributed by atoms with Crippen molar-refractivity contribution in [1.82, 2.24) is 15.1 Å². The summed E-state index contributed by atoms with van der Waals surface area (Å²) in [5, 5.41) is 6.44. The standard InChI is InChI=1S/C10H16N4O2/c1-7-5-14(6-8(4-11)16-7)10(15)9-2-3-12-13-9/h2-3,7-8H,4-6,11H2,1H3,(H,12,13). The highest BCUT2D eigenvalue weighted by Gasteiger charge is 2.28. The Morgan fingerprint density at radius 2 is 2.56 bits per heavy atom. The third kappa shape index (κ3) is 2.23. The van der Waals surface area contributed by atoms with Crippen molar-refractivity contribution in [3.63, 3.8) is 0 Å². The molecule has 1 aliphatic heterocycles. The largest absolute Gasteiger partial charge is 0.370 e. The fourth-order valence-electron chi connectivity index (χ4n) is 1.89. The van der Waals surface area contributed by atoms with Gasteiger partial charge in [-0.25, -0.2) is 0 Å². The van der Waals surface area contributed by atoms with Gasteiger partial charge in [0, 0.05) is 25.8 Å². The van der Waals surface area contributed by atoms with Crippen LogP contribution in [0.2, 0.25) is 0 Å². The highest BCUT2D eigenvalue weighted by atomic mass is 16.5. The average molecular weight is 224 g/mol. The average Bonchev–Trinajstić information content (AvgIpc) is 2.80. The van der Waals surface area contributed by atoms with E-state index in [1.54, 1.807) is 17.2 Å². The van der Waals surface area contributed by atoms with Crippen molar-refractivity contribution in [2.75, 3.05) is 19.6 Å². The second-order valence-corrected chi connectivity index (χ2v) is 3.98. The Bertz CT molecular complexity index is 352. The molecular formula is C10H16N4O2. The molecule has 0 bridgehead atoms. The molecule has 1 amide bonds. The first-order valence-electron chi connectivity index (χ1n) is 5.35. The quantitative estimate of drug-likeness (QED) is 0.715. The van der Waals surface area contributed by atoms with Crippen LogP contribution < -0.4 is 5.73 Å². The van der Waals surface area contributed by atoms with E-state index >= 15 is 0 Å². The zero-order valence-corrected chi connectivity index (χ0v) is 9.22. The minimum atomic E-state index is -0.0735. The molecule has 0 aliphatic carbocycles. The van der Waals surface area contributed by atoms with E-state index in [0.29, 0.717) is 25.3 Å². The van der Waals surface area contributed by atoms with E-state index in [-0.39, 0.29) is 18.1 Å². The van der Waals surface area contributed by atoms with Gasteiger partial charge in [-0.15, -0.1) is 0 Å². The number of aromatic nitrogens is 2. The number of aromatic amines is 1. The first-order chi connectivity index (χ1) is 7.70. The topological polar surface area (TPSA) is 84.2 Å². The fraction of sp³-hybridized carbons (Fsp3) is 0.600. The molecule has 6 heteroatoms. The minimum Gasteiger partial charge on any atom is -0.370 e. The van der Waals surface area contributed by atoms with Crippen molar-refractivity contribution in [1.29, 1.82) is 0 Å². The smallest absolute Gasteiger partial charge is 0.272 e. The molecule has 0 spiro atoms. The van der Waals surface area contributed by atoms with Crippen LogP contribution in [0, 0.1) is 0 Å². The number of nitrogens with zero attached hydrogens (tertiary/aromatic N) is 2. The van der Waals surface area contributed by atoms with E-state index in [1.807, 2.05) is 6.92 Å². The summed E-state index contributed by atoms with van der Waals surface area (Å²) >= 11 is 0. The van der Waals surface area contributed by atoms with Gasteiger partial charge in [0.05, 0.1) is 12.2 Å². The predicted molar refractivity (Wildman–Crippen MR) is 57.9 cm³/mol. The molecule has 88 valence electrons. The monoisotopic (exact) mass is 224 g/mol. The Labute approximate surface area is 93.8 Å². The van der Waals surface area contributed by atoms with Crippen LogP contribution in [-0.2, 0) is 4.74 Å². The van der Waals surface area contributed by atoms with Crippen LogP contribution >= 0.6 is 0 Å². The van der Waals surface area contributed by atoms with Crippen LogP contribution in [0.1, 0.15) is 17.4 Å². The Morgan fingerprint density at radius 3 is 3.19 bits per heavy atom. The fourth-order valence-corrected chi connectivity index (χ4v) is 1.89. The first kappa shape index (κ1) is 11.1. The van der Waals surface area contributed by atoms with Gasteiger partial charge < -0.3 is 15.4 Å². The van der Waals surface area contributed by atoms with Crippen LogP contribution in [0.25, 0.3) is 0 Å². The first-order valence-corrected chi connectivity index (χ1v) is 5.35. The summed E-state index contributed by atoms with van der Waals surface area (Å²) in [4.78, 5) is 13.8. The molecule has 1 aromatic heterocycles. The summed E-state index contributed by atoms with van der Waals surface area (Å²) in [7, 11) is 0. The van der Waals surface area contributed by atoms with E-state index in [4.69, 9.17) is 10.5 Å². The normalized spacial score (nSPS) is 25.8. The number of carbonyl (C=O) groups excluding carboxylic acids is 1. The van der Waals surface area contributed by atoms with E-state index < -0.39 is 0 Å². The molecule has 1 fully saturated rings. The molecule has 2 heterocycles. The lowest BCUT2D eigenvalue weighted by atomic mass is 10.2. The van der Waals surface area contributed by atoms with Gasteiger partial charge in [-0.05, 0) is 13.0 Å². The van der Waals surface area contributed by atoms with Crippen LogP contribution in [0.15, 0.2) is 12.3 Å². The Hall–Kier alpha value is -1.40. The van der Waals surface area contributed by atoms with Gasteiger partial charge in [-0.1, -0.05) is 0 Å². The predicted octanol–water partition coefficient (Wildman–Crippen LogP) is -0.402. The molecule has 1 saturated heterocycles. The molecular weight excluding hydrogens is 208 g/mol. The van der Waals surface area contributed by atoms with Crippen molar-refractivity contribution in [3.05, 3.63) is 18.0 Å². The van der Waals surface area contributed by atoms with Gasteiger partial charge in [0.2, 0.25) is 0 Å². The van der Waals surface area contributed by atoms with Gasteiger partial charge >= 0.3 is 0 Å². The lowest BCUT2D eigenvalue weighted by Gasteiger charge is -2.36. The van der Waals surface area contributed by atoms with Gasteiger partial charge in [0.25, 0.3) is 5.91 Å². The van der Waals surface area contributed by atoms with Gasteiger partial charge in [-0.3, -0.25) is 9.89 Å². The van der Waals surface area contributed by atoms with Crippen molar-refractivity contribution in [3.8, 4) is 0 Å². The molecule has 16 heavy (non-hydrogen) atoms. The number of ether oxygens (including phenoxy) is 1. The van der Waals surface area contributed by atoms with E-state index in [2.05, 4.69) is 10.2 Å². The van der Waals surface area contributed by atoms with Gasteiger partial charge in [0.15, 0.2) is 0 Å². The maximum atomic E-state index is 12.0. The van der Waals surface area contributed by atoms with Crippen molar-refractivity contribution in [2.24, 2.45) is 5.73 Å². The molecule has 0 saturated carbocycles. The second kappa shape index (κ2) is 4.63. The number of amides is 1. The highest BCUT2D eigenvalue weighted by molar-refractivity contribution is 5.92. The molecule has 2 atom stereocenters. The Balaban J connectivity index is 2.06. The highest BCUT2D eigenvalue weighted by Crippen LogP contribution is 2.12. The number of carbonyl (C=O) groups is 1. The molecule has 0 aromatic carbocycles. The third-order valence-corrected chi connectivity index (χ3v) is 2.61. The molecule has 3 N–H and O–H groups in total. The summed E-state index contributed by atoms with van der Waals surface area (Å²) < 4.78 is 5.59. The molecule has 2 unspecified atom stereocenters. The molecule has 2 rings (SSSR count). The zero-order valence-electron chi connectivity index (χ0n) is 9.22. The van der Waals surface area contributed by atoms with Crippen LogP contribution in [0.5, 0.6) is 0 Å². The number of hydrogen-bond donors (Lipinski definition) is 2. The zero-order chi connectivity index (χ0) is 11.5. The summed E-state index contributed by atoms with van der Waals surface area (Å²) in [5.74, 6) is -0.0499. The van der Waals surface area contributed by atoms with Crippen molar-refractivity contribution in [2.45, 2.75) is 19.1 Å². The van der Waals surface area contributed by atoms with Gasteiger partial charge in [-0.2, -0.15) is 5.10 Å². The summed E-state index contributed by atoms with van der Waals surface area (Å²) in [6.45, 7) is 3.50.